The Balaban J connectivity index is 2.20. The molecule has 1 aromatic carbocycles. The highest BCUT2D eigenvalue weighted by Gasteiger charge is 2.23. The summed E-state index contributed by atoms with van der Waals surface area (Å²) < 4.78 is 0. The molecule has 0 radical (unpaired) electrons. The molecule has 0 spiro atoms. The van der Waals surface area contributed by atoms with E-state index in [-0.39, 0.29) is 6.10 Å². The minimum absolute atomic E-state index is 0.327. The first-order valence-electron chi connectivity index (χ1n) is 6.78. The first-order chi connectivity index (χ1) is 8.26. The van der Waals surface area contributed by atoms with Crippen molar-refractivity contribution in [3.8, 4) is 0 Å². The lowest BCUT2D eigenvalue weighted by Crippen LogP contribution is -2.21. The summed E-state index contributed by atoms with van der Waals surface area (Å²) in [6.45, 7) is 6.57. The van der Waals surface area contributed by atoms with E-state index in [1.807, 2.05) is 13.0 Å². The van der Waals surface area contributed by atoms with Gasteiger partial charge in [0.05, 0.1) is 6.10 Å². The Labute approximate surface area is 104 Å². The summed E-state index contributed by atoms with van der Waals surface area (Å²) in [7, 11) is 0. The molecule has 0 amide bonds. The molecule has 94 valence electrons. The third-order valence-corrected chi connectivity index (χ3v) is 3.89. The molecule has 1 N–H and O–H groups in total. The molecule has 1 saturated heterocycles. The Morgan fingerprint density at radius 1 is 1.35 bits per heavy atom. The van der Waals surface area contributed by atoms with Gasteiger partial charge in [-0.2, -0.15) is 0 Å². The van der Waals surface area contributed by atoms with Crippen molar-refractivity contribution in [1.82, 2.24) is 0 Å². The van der Waals surface area contributed by atoms with Gasteiger partial charge in [-0.05, 0) is 24.8 Å². The predicted molar refractivity (Wildman–Crippen MR) is 72.3 cm³/mol. The Morgan fingerprint density at radius 3 is 2.76 bits per heavy atom. The topological polar surface area (TPSA) is 23.5 Å². The summed E-state index contributed by atoms with van der Waals surface area (Å²) >= 11 is 0. The Bertz CT molecular complexity index is 364. The van der Waals surface area contributed by atoms with Gasteiger partial charge >= 0.3 is 0 Å². The summed E-state index contributed by atoms with van der Waals surface area (Å²) in [5.74, 6) is 0.821. The largest absolute Gasteiger partial charge is 0.388 e. The SMILES string of the molecule is CCC1CCN(c2ccccc2C(O)CC)C1. The molecule has 2 heteroatoms. The van der Waals surface area contributed by atoms with Crippen LogP contribution in [0.3, 0.4) is 0 Å². The number of hydrogen-bond donors (Lipinski definition) is 1. The van der Waals surface area contributed by atoms with Crippen molar-refractivity contribution >= 4 is 5.69 Å². The summed E-state index contributed by atoms with van der Waals surface area (Å²) in [5, 5.41) is 10.1. The number of aliphatic hydroxyl groups is 1. The molecular weight excluding hydrogens is 210 g/mol. The van der Waals surface area contributed by atoms with Crippen LogP contribution in [0.15, 0.2) is 24.3 Å². The van der Waals surface area contributed by atoms with Crippen LogP contribution < -0.4 is 4.90 Å². The van der Waals surface area contributed by atoms with Crippen molar-refractivity contribution in [2.24, 2.45) is 5.92 Å². The van der Waals surface area contributed by atoms with Crippen molar-refractivity contribution in [3.05, 3.63) is 29.8 Å². The average Bonchev–Trinajstić information content (AvgIpc) is 2.86. The van der Waals surface area contributed by atoms with E-state index in [1.54, 1.807) is 0 Å². The van der Waals surface area contributed by atoms with Crippen molar-refractivity contribution in [1.29, 1.82) is 0 Å². The monoisotopic (exact) mass is 233 g/mol. The summed E-state index contributed by atoms with van der Waals surface area (Å²) in [6, 6.07) is 8.29. The maximum absolute atomic E-state index is 10.1. The molecule has 0 aliphatic carbocycles. The van der Waals surface area contributed by atoms with Gasteiger partial charge in [-0.25, -0.2) is 0 Å². The molecule has 2 nitrogen and oxygen atoms in total. The van der Waals surface area contributed by atoms with Crippen LogP contribution in [0.5, 0.6) is 0 Å². The highest BCUT2D eigenvalue weighted by Crippen LogP contribution is 2.32. The quantitative estimate of drug-likeness (QED) is 0.862. The van der Waals surface area contributed by atoms with Crippen molar-refractivity contribution in [3.63, 3.8) is 0 Å². The van der Waals surface area contributed by atoms with Crippen LogP contribution in [-0.4, -0.2) is 18.2 Å². The zero-order chi connectivity index (χ0) is 12.3. The van der Waals surface area contributed by atoms with Gasteiger partial charge in [0.25, 0.3) is 0 Å². The van der Waals surface area contributed by atoms with E-state index in [2.05, 4.69) is 30.0 Å². The smallest absolute Gasteiger partial charge is 0.0807 e. The maximum Gasteiger partial charge on any atom is 0.0807 e. The minimum atomic E-state index is -0.327. The molecule has 1 fully saturated rings. The number of nitrogens with zero attached hydrogens (tertiary/aromatic N) is 1. The van der Waals surface area contributed by atoms with E-state index in [1.165, 1.54) is 18.5 Å². The second-order valence-corrected chi connectivity index (χ2v) is 4.99. The van der Waals surface area contributed by atoms with E-state index >= 15 is 0 Å². The van der Waals surface area contributed by atoms with Gasteiger partial charge in [0.2, 0.25) is 0 Å². The molecule has 2 rings (SSSR count). The molecule has 0 bridgehead atoms. The van der Waals surface area contributed by atoms with Gasteiger partial charge in [0.15, 0.2) is 0 Å². The van der Waals surface area contributed by atoms with E-state index in [0.29, 0.717) is 0 Å². The zero-order valence-corrected chi connectivity index (χ0v) is 10.9. The first kappa shape index (κ1) is 12.4. The van der Waals surface area contributed by atoms with Crippen LogP contribution in [-0.2, 0) is 0 Å². The molecule has 1 aromatic rings. The number of para-hydroxylation sites is 1. The van der Waals surface area contributed by atoms with Crippen LogP contribution in [0.25, 0.3) is 0 Å². The summed E-state index contributed by atoms with van der Waals surface area (Å²) in [6.07, 6.45) is 3.00. The van der Waals surface area contributed by atoms with Crippen LogP contribution in [0.1, 0.15) is 44.8 Å². The lowest BCUT2D eigenvalue weighted by atomic mass is 10.0. The van der Waals surface area contributed by atoms with E-state index in [4.69, 9.17) is 0 Å². The van der Waals surface area contributed by atoms with Crippen LogP contribution in [0.4, 0.5) is 5.69 Å². The van der Waals surface area contributed by atoms with Crippen molar-refractivity contribution in [2.75, 3.05) is 18.0 Å². The van der Waals surface area contributed by atoms with Gasteiger partial charge in [-0.1, -0.05) is 38.5 Å². The molecular formula is C15H23NO. The maximum atomic E-state index is 10.1. The number of rotatable bonds is 4. The van der Waals surface area contributed by atoms with Crippen molar-refractivity contribution < 1.29 is 5.11 Å². The Morgan fingerprint density at radius 2 is 2.12 bits per heavy atom. The molecule has 0 aromatic heterocycles. The van der Waals surface area contributed by atoms with E-state index in [0.717, 1.165) is 31.0 Å². The van der Waals surface area contributed by atoms with Gasteiger partial charge in [0, 0.05) is 24.3 Å². The lowest BCUT2D eigenvalue weighted by molar-refractivity contribution is 0.174. The second-order valence-electron chi connectivity index (χ2n) is 4.99. The molecule has 17 heavy (non-hydrogen) atoms. The standard InChI is InChI=1S/C15H23NO/c1-3-12-9-10-16(11-12)14-8-6-5-7-13(14)15(17)4-2/h5-8,12,15,17H,3-4,9-11H2,1-2H3. The average molecular weight is 233 g/mol. The molecule has 2 unspecified atom stereocenters. The normalized spacial score (nSPS) is 21.8. The Hall–Kier alpha value is -1.02. The highest BCUT2D eigenvalue weighted by atomic mass is 16.3. The zero-order valence-electron chi connectivity index (χ0n) is 10.9. The predicted octanol–water partition coefficient (Wildman–Crippen LogP) is 3.37. The third kappa shape index (κ3) is 2.63. The van der Waals surface area contributed by atoms with E-state index in [9.17, 15) is 5.11 Å². The van der Waals surface area contributed by atoms with Gasteiger partial charge in [-0.15, -0.1) is 0 Å². The fraction of sp³-hybridized carbons (Fsp3) is 0.600. The number of aliphatic hydroxyl groups excluding tert-OH is 1. The molecule has 0 saturated carbocycles. The number of anilines is 1. The van der Waals surface area contributed by atoms with Crippen LogP contribution in [0.2, 0.25) is 0 Å². The molecule has 1 aliphatic heterocycles. The summed E-state index contributed by atoms with van der Waals surface area (Å²) in [4.78, 5) is 2.43. The minimum Gasteiger partial charge on any atom is -0.388 e. The Kier molecular flexibility index (Phi) is 4.06. The third-order valence-electron chi connectivity index (χ3n) is 3.89. The molecule has 2 atom stereocenters. The number of benzene rings is 1. The fourth-order valence-corrected chi connectivity index (χ4v) is 2.66. The number of hydrogen-bond acceptors (Lipinski definition) is 2. The lowest BCUT2D eigenvalue weighted by Gasteiger charge is -2.24. The fourth-order valence-electron chi connectivity index (χ4n) is 2.66. The van der Waals surface area contributed by atoms with Crippen LogP contribution in [0, 0.1) is 5.92 Å². The first-order valence-corrected chi connectivity index (χ1v) is 6.78. The van der Waals surface area contributed by atoms with E-state index < -0.39 is 0 Å². The van der Waals surface area contributed by atoms with Gasteiger partial charge in [-0.3, -0.25) is 0 Å². The molecule has 1 aliphatic rings. The molecule has 1 heterocycles. The van der Waals surface area contributed by atoms with Gasteiger partial charge in [0.1, 0.15) is 0 Å². The van der Waals surface area contributed by atoms with Crippen molar-refractivity contribution in [2.45, 2.75) is 39.2 Å². The van der Waals surface area contributed by atoms with Gasteiger partial charge < -0.3 is 10.0 Å². The highest BCUT2D eigenvalue weighted by molar-refractivity contribution is 5.55. The second kappa shape index (κ2) is 5.54. The van der Waals surface area contributed by atoms with Crippen LogP contribution >= 0.6 is 0 Å². The summed E-state index contributed by atoms with van der Waals surface area (Å²) in [5.41, 5.74) is 2.32.